The molecule has 15 unspecified atom stereocenters. The minimum absolute atomic E-state index is 0.00246. The molecule has 9 amide bonds. The lowest BCUT2D eigenvalue weighted by Crippen LogP contribution is -2.68. The Hall–Kier alpha value is -11.2. The summed E-state index contributed by atoms with van der Waals surface area (Å²) in [7, 11) is 0. The fraction of sp³-hybridized carbons (Fsp3) is 0.713. The number of rotatable bonds is 62. The van der Waals surface area contributed by atoms with Gasteiger partial charge in [-0.05, 0) is 89.2 Å². The van der Waals surface area contributed by atoms with Crippen LogP contribution in [-0.2, 0) is 169 Å². The summed E-state index contributed by atoms with van der Waals surface area (Å²) < 4.78 is 90.1. The van der Waals surface area contributed by atoms with Gasteiger partial charge in [0.25, 0.3) is 5.79 Å². The van der Waals surface area contributed by atoms with E-state index < -0.39 is 207 Å². The number of amides is 9. The summed E-state index contributed by atoms with van der Waals surface area (Å²) in [6, 6.07) is 4.08. The molecule has 3 saturated heterocycles. The number of esters is 9. The monoisotopic (exact) mass is 1890 g/mol. The van der Waals surface area contributed by atoms with Crippen LogP contribution >= 0.6 is 0 Å². The summed E-state index contributed by atoms with van der Waals surface area (Å²) in [6.45, 7) is 12.6. The van der Waals surface area contributed by atoms with Gasteiger partial charge < -0.3 is 128 Å². The lowest BCUT2D eigenvalue weighted by Gasteiger charge is -2.47. The first-order chi connectivity index (χ1) is 63.3. The van der Waals surface area contributed by atoms with Crippen molar-refractivity contribution in [2.24, 2.45) is 0 Å². The number of carbonyl (C=O) groups is 19. The van der Waals surface area contributed by atoms with Gasteiger partial charge in [-0.15, -0.1) is 0 Å². The van der Waals surface area contributed by atoms with Crippen molar-refractivity contribution in [2.45, 2.75) is 309 Å². The van der Waals surface area contributed by atoms with Crippen LogP contribution in [0.15, 0.2) is 30.3 Å². The zero-order valence-electron chi connectivity index (χ0n) is 77.9. The van der Waals surface area contributed by atoms with Gasteiger partial charge in [0.05, 0.1) is 19.0 Å². The molecule has 0 aromatic heterocycles. The predicted molar refractivity (Wildman–Crippen MR) is 461 cm³/mol. The topological polar surface area (TPSA) is 596 Å². The van der Waals surface area contributed by atoms with Crippen molar-refractivity contribution in [3.05, 3.63) is 35.9 Å². The van der Waals surface area contributed by atoms with E-state index in [1.165, 1.54) is 32.6 Å². The first-order valence-electron chi connectivity index (χ1n) is 44.6. The van der Waals surface area contributed by atoms with Gasteiger partial charge in [0.2, 0.25) is 47.3 Å². The maximum Gasteiger partial charge on any atom is 0.407 e. The van der Waals surface area contributed by atoms with E-state index in [1.54, 1.807) is 24.3 Å². The summed E-state index contributed by atoms with van der Waals surface area (Å²) in [5.41, 5.74) is 0.755. The van der Waals surface area contributed by atoms with Crippen LogP contribution in [0.25, 0.3) is 0 Å². The van der Waals surface area contributed by atoms with Crippen molar-refractivity contribution in [1.29, 1.82) is 0 Å². The standard InChI is InChI=1S/C87H135N11O35/c1-53(100)95-75-79(127-61(9)108)77(125-59(7)106)68(51-122-57(5)104)130-83(75)118-43-24-14-19-33-71(112)89-38-27-37-88-70(48-99)98(47-74(115)92-41-28-39-90-72(113)34-20-15-25-44-119-84-76(96-54(2)101)80(128-62(10)109)78(126-60(8)107)69(131-84)52-123-58(6)105)67(32-22-23-36-94-86(117)124-49-65-30-17-13-18-31-65)82(116)93-42-29-40-91-73(114)35-21-16-26-45-120-85-81(97-55(3)102)87(132-63(11)110,133-64(12)111)46-66(129-85)50-121-56(4)103/h13,17-18,30-31,48,66-70,75-81,83-85,88H,14-16,19-29,32-47,49-52H2,1-12H3,(H,89,112)(H,90,113)(H,91,114)(H,92,115)(H,93,116)(H,94,117)(H,95,100)(H,96,101)(H,97,102). The molecule has 3 heterocycles. The van der Waals surface area contributed by atoms with Crippen LogP contribution in [0.3, 0.4) is 0 Å². The molecule has 1 aromatic rings. The van der Waals surface area contributed by atoms with Crippen molar-refractivity contribution in [2.75, 3.05) is 92.0 Å². The maximum absolute atomic E-state index is 14.7. The molecule has 0 saturated carbocycles. The molecule has 0 radical (unpaired) electrons. The highest BCUT2D eigenvalue weighted by Gasteiger charge is 2.58. The molecule has 0 spiro atoms. The van der Waals surface area contributed by atoms with E-state index in [4.69, 9.17) is 75.8 Å². The smallest absolute Gasteiger partial charge is 0.407 e. The molecule has 133 heavy (non-hydrogen) atoms. The van der Waals surface area contributed by atoms with E-state index in [9.17, 15) is 91.1 Å². The number of nitrogens with zero attached hydrogens (tertiary/aromatic N) is 1. The number of hydrogen-bond acceptors (Lipinski definition) is 37. The number of hydrogen-bond donors (Lipinski definition) is 10. The average molecular weight is 1900 g/mol. The first kappa shape index (κ1) is 114. The van der Waals surface area contributed by atoms with E-state index in [0.29, 0.717) is 70.5 Å². The Morgan fingerprint density at radius 3 is 1.23 bits per heavy atom. The third-order valence-electron chi connectivity index (χ3n) is 20.1. The maximum atomic E-state index is 14.7. The zero-order chi connectivity index (χ0) is 98.4. The number of ether oxygens (including phenoxy) is 16. The van der Waals surface area contributed by atoms with Crippen LogP contribution in [-0.4, -0.2) is 308 Å². The predicted octanol–water partition coefficient (Wildman–Crippen LogP) is 0.668. The van der Waals surface area contributed by atoms with Crippen LogP contribution in [0.4, 0.5) is 4.79 Å². The number of alkyl carbamates (subject to hydrolysis) is 1. The summed E-state index contributed by atoms with van der Waals surface area (Å²) in [5.74, 6) is -12.8. The Bertz CT molecular complexity index is 3910. The Kier molecular flexibility index (Phi) is 54.1. The molecule has 4 rings (SSSR count). The van der Waals surface area contributed by atoms with E-state index in [1.807, 2.05) is 6.07 Å². The third kappa shape index (κ3) is 46.9. The van der Waals surface area contributed by atoms with Crippen molar-refractivity contribution >= 4 is 113 Å². The SMILES string of the molecule is CC(=O)NC1C(OCCCCCC(=O)NCCCNC(=O)CN(C(C=O)NCCCNC(=O)CCCCCOC2OC(COC(C)=O)C(OC(C)=O)C(OC(C)=O)C2NC(C)=O)C(CCCCNC(=O)OCc2ccccc2)C(=O)NCCCNC(=O)CCCCCOC2OC(COC(C)=O)CC(OC(C)=O)(OC(C)=O)C2NC(C)=O)OC(COC(C)=O)C(OC(C)=O)C1OC(C)=O. The minimum atomic E-state index is -2.11. The van der Waals surface area contributed by atoms with Gasteiger partial charge in [-0.25, -0.2) is 4.79 Å². The average Bonchev–Trinajstić information content (AvgIpc) is 0.761. The number of benzene rings is 1. The molecule has 46 nitrogen and oxygen atoms in total. The molecule has 3 fully saturated rings. The van der Waals surface area contributed by atoms with Gasteiger partial charge in [-0.1, -0.05) is 49.6 Å². The molecular weight excluding hydrogens is 1760 g/mol. The van der Waals surface area contributed by atoms with E-state index in [-0.39, 0.29) is 154 Å². The van der Waals surface area contributed by atoms with Crippen molar-refractivity contribution < 1.29 is 167 Å². The molecule has 3 aliphatic heterocycles. The lowest BCUT2D eigenvalue weighted by atomic mass is 9.95. The Morgan fingerprint density at radius 2 is 0.812 bits per heavy atom. The second-order valence-corrected chi connectivity index (χ2v) is 31.8. The van der Waals surface area contributed by atoms with Crippen LogP contribution in [0.1, 0.15) is 211 Å². The van der Waals surface area contributed by atoms with Crippen molar-refractivity contribution in [1.82, 2.24) is 58.1 Å². The molecule has 10 N–H and O–H groups in total. The molecule has 0 aliphatic carbocycles. The quantitative estimate of drug-likeness (QED) is 0.0141. The van der Waals surface area contributed by atoms with Crippen LogP contribution in [0.2, 0.25) is 0 Å². The largest absolute Gasteiger partial charge is 0.463 e. The summed E-state index contributed by atoms with van der Waals surface area (Å²) in [6.07, 6.45) is -9.17. The normalized spacial score (nSPS) is 21.0. The second kappa shape index (κ2) is 63.1. The van der Waals surface area contributed by atoms with E-state index >= 15 is 0 Å². The Balaban J connectivity index is 1.44. The Labute approximate surface area is 772 Å². The summed E-state index contributed by atoms with van der Waals surface area (Å²) >= 11 is 0. The fourth-order valence-electron chi connectivity index (χ4n) is 14.4. The van der Waals surface area contributed by atoms with Crippen molar-refractivity contribution in [3.8, 4) is 0 Å². The molecular formula is C87H135N11O35. The minimum Gasteiger partial charge on any atom is -0.463 e. The van der Waals surface area contributed by atoms with Gasteiger partial charge in [0.15, 0.2) is 55.6 Å². The lowest BCUT2D eigenvalue weighted by molar-refractivity contribution is -0.323. The van der Waals surface area contributed by atoms with Gasteiger partial charge in [0.1, 0.15) is 63.0 Å². The number of carbonyl (C=O) groups excluding carboxylic acids is 19. The molecule has 0 bridgehead atoms. The Morgan fingerprint density at radius 1 is 0.406 bits per heavy atom. The molecule has 46 heteroatoms. The first-order valence-corrected chi connectivity index (χ1v) is 44.6. The van der Waals surface area contributed by atoms with Crippen molar-refractivity contribution in [3.63, 3.8) is 0 Å². The van der Waals surface area contributed by atoms with Gasteiger partial charge >= 0.3 is 59.8 Å². The number of aldehydes is 1. The molecule has 15 atom stereocenters. The van der Waals surface area contributed by atoms with Gasteiger partial charge in [0, 0.05) is 161 Å². The molecule has 748 valence electrons. The highest BCUT2D eigenvalue weighted by molar-refractivity contribution is 5.85. The van der Waals surface area contributed by atoms with Crippen LogP contribution in [0, 0.1) is 0 Å². The highest BCUT2D eigenvalue weighted by Crippen LogP contribution is 2.37. The van der Waals surface area contributed by atoms with Gasteiger partial charge in [-0.3, -0.25) is 91.7 Å². The number of unbranched alkanes of at least 4 members (excludes halogenated alkanes) is 7. The third-order valence-corrected chi connectivity index (χ3v) is 20.1. The second-order valence-electron chi connectivity index (χ2n) is 31.8. The summed E-state index contributed by atoms with van der Waals surface area (Å²) in [5, 5.41) is 27.9. The zero-order valence-corrected chi connectivity index (χ0v) is 77.9. The van der Waals surface area contributed by atoms with Gasteiger partial charge in [-0.2, -0.15) is 0 Å². The number of nitrogens with one attached hydrogen (secondary N) is 10. The fourth-order valence-corrected chi connectivity index (χ4v) is 14.4. The van der Waals surface area contributed by atoms with E-state index in [0.717, 1.165) is 61.0 Å². The van der Waals surface area contributed by atoms with Crippen LogP contribution < -0.4 is 53.2 Å². The molecule has 1 aromatic carbocycles. The van der Waals surface area contributed by atoms with Crippen LogP contribution in [0.5, 0.6) is 0 Å². The highest BCUT2D eigenvalue weighted by atomic mass is 16.8. The molecule has 3 aliphatic rings. The summed E-state index contributed by atoms with van der Waals surface area (Å²) in [4.78, 5) is 242. The van der Waals surface area contributed by atoms with E-state index in [2.05, 4.69) is 53.2 Å².